The number of aromatic nitrogens is 2. The predicted octanol–water partition coefficient (Wildman–Crippen LogP) is 3.22. The molecule has 9 nitrogen and oxygen atoms in total. The van der Waals surface area contributed by atoms with Gasteiger partial charge in [0.1, 0.15) is 0 Å². The number of hydrogen-bond acceptors (Lipinski definition) is 5. The number of benzene rings is 2. The van der Waals surface area contributed by atoms with Gasteiger partial charge >= 0.3 is 0 Å². The van der Waals surface area contributed by atoms with Gasteiger partial charge in [0, 0.05) is 56.9 Å². The number of rotatable bonds is 9. The summed E-state index contributed by atoms with van der Waals surface area (Å²) in [4.78, 5) is 14.5. The minimum Gasteiger partial charge on any atom is -0.383 e. The summed E-state index contributed by atoms with van der Waals surface area (Å²) in [6, 6.07) is 16.6. The van der Waals surface area contributed by atoms with Gasteiger partial charge in [-0.2, -0.15) is 5.10 Å². The molecule has 3 N–H and O–H groups in total. The lowest BCUT2D eigenvalue weighted by atomic mass is 10.1. The van der Waals surface area contributed by atoms with Crippen molar-refractivity contribution in [2.45, 2.75) is 6.42 Å². The van der Waals surface area contributed by atoms with E-state index in [1.807, 2.05) is 16.9 Å². The number of halogens is 1. The maximum absolute atomic E-state index is 10.7. The second-order valence-electron chi connectivity index (χ2n) is 6.52. The zero-order valence-corrected chi connectivity index (χ0v) is 19.5. The zero-order chi connectivity index (χ0) is 21.2. The maximum Gasteiger partial charge on any atom is 0.269 e. The Hall–Kier alpha value is -3.15. The summed E-state index contributed by atoms with van der Waals surface area (Å²) in [5.41, 5.74) is 3.19. The molecule has 0 amide bonds. The van der Waals surface area contributed by atoms with E-state index in [4.69, 9.17) is 0 Å². The lowest BCUT2D eigenvalue weighted by Crippen LogP contribution is -2.40. The van der Waals surface area contributed by atoms with E-state index in [1.54, 1.807) is 25.4 Å². The van der Waals surface area contributed by atoms with Crippen molar-refractivity contribution >= 4 is 41.3 Å². The fourth-order valence-corrected chi connectivity index (χ4v) is 2.87. The summed E-state index contributed by atoms with van der Waals surface area (Å²) in [6.45, 7) is 2.08. The minimum atomic E-state index is -0.408. The topological polar surface area (TPSA) is 109 Å². The van der Waals surface area contributed by atoms with Crippen LogP contribution in [0, 0.1) is 10.1 Å². The van der Waals surface area contributed by atoms with Crippen molar-refractivity contribution in [3.63, 3.8) is 0 Å². The number of nitro groups is 1. The highest BCUT2D eigenvalue weighted by molar-refractivity contribution is 14.0. The first-order chi connectivity index (χ1) is 14.7. The number of nitrogens with zero attached hydrogens (tertiary/aromatic N) is 4. The molecule has 10 heteroatoms. The lowest BCUT2D eigenvalue weighted by Gasteiger charge is -2.13. The van der Waals surface area contributed by atoms with Crippen LogP contribution in [-0.2, 0) is 6.42 Å². The van der Waals surface area contributed by atoms with E-state index < -0.39 is 4.92 Å². The van der Waals surface area contributed by atoms with E-state index in [9.17, 15) is 10.1 Å². The van der Waals surface area contributed by atoms with E-state index in [0.29, 0.717) is 13.1 Å². The Morgan fingerprint density at radius 1 is 1.06 bits per heavy atom. The summed E-state index contributed by atoms with van der Waals surface area (Å²) >= 11 is 0. The summed E-state index contributed by atoms with van der Waals surface area (Å²) in [7, 11) is 1.73. The molecule has 0 aliphatic rings. The van der Waals surface area contributed by atoms with Crippen molar-refractivity contribution in [3.05, 3.63) is 82.7 Å². The molecular formula is C21H26IN7O2. The molecule has 0 bridgehead atoms. The van der Waals surface area contributed by atoms with Gasteiger partial charge in [0.15, 0.2) is 5.96 Å². The van der Waals surface area contributed by atoms with Crippen molar-refractivity contribution in [2.75, 3.05) is 32.0 Å². The average molecular weight is 535 g/mol. The standard InChI is InChI=1S/C21H25N7O2.HI/c1-22-21(25-15-14-23-18-5-9-20(10-6-18)28(29)30)24-13-11-17-3-7-19(8-4-17)27-16-2-12-26-27;/h2-10,12,16,23H,11,13-15H2,1H3,(H2,22,24,25);1H. The monoisotopic (exact) mass is 535 g/mol. The molecule has 3 rings (SSSR count). The number of hydrogen-bond donors (Lipinski definition) is 3. The smallest absolute Gasteiger partial charge is 0.269 e. The van der Waals surface area contributed by atoms with Crippen LogP contribution < -0.4 is 16.0 Å². The van der Waals surface area contributed by atoms with E-state index in [1.165, 1.54) is 17.7 Å². The van der Waals surface area contributed by atoms with Crippen molar-refractivity contribution in [1.82, 2.24) is 20.4 Å². The molecule has 3 aromatic rings. The Labute approximate surface area is 198 Å². The van der Waals surface area contributed by atoms with Crippen LogP contribution in [0.25, 0.3) is 5.69 Å². The van der Waals surface area contributed by atoms with Crippen LogP contribution in [0.5, 0.6) is 0 Å². The van der Waals surface area contributed by atoms with E-state index in [-0.39, 0.29) is 29.7 Å². The van der Waals surface area contributed by atoms with Gasteiger partial charge in [-0.15, -0.1) is 24.0 Å². The third-order valence-electron chi connectivity index (χ3n) is 4.46. The normalized spacial score (nSPS) is 10.8. The molecule has 1 heterocycles. The van der Waals surface area contributed by atoms with E-state index in [2.05, 4.69) is 50.3 Å². The summed E-state index contributed by atoms with van der Waals surface area (Å²) in [5, 5.41) is 24.7. The molecule has 0 saturated carbocycles. The molecule has 0 aliphatic heterocycles. The molecule has 1 aromatic heterocycles. The highest BCUT2D eigenvalue weighted by atomic mass is 127. The fourth-order valence-electron chi connectivity index (χ4n) is 2.87. The first kappa shape index (κ1) is 24.1. The van der Waals surface area contributed by atoms with Gasteiger partial charge in [0.25, 0.3) is 5.69 Å². The molecular weight excluding hydrogens is 509 g/mol. The molecule has 0 unspecified atom stereocenters. The minimum absolute atomic E-state index is 0. The fraction of sp³-hybridized carbons (Fsp3) is 0.238. The van der Waals surface area contributed by atoms with Crippen LogP contribution in [0.2, 0.25) is 0 Å². The summed E-state index contributed by atoms with van der Waals surface area (Å²) < 4.78 is 1.83. The zero-order valence-electron chi connectivity index (χ0n) is 17.2. The molecule has 0 aliphatic carbocycles. The van der Waals surface area contributed by atoms with E-state index in [0.717, 1.165) is 30.3 Å². The SMILES string of the molecule is CN=C(NCCNc1ccc([N+](=O)[O-])cc1)NCCc1ccc(-n2cccn2)cc1.I. The largest absolute Gasteiger partial charge is 0.383 e. The number of non-ortho nitro benzene ring substituents is 1. The molecule has 0 atom stereocenters. The number of nitrogens with one attached hydrogen (secondary N) is 3. The Balaban J connectivity index is 0.00000341. The Morgan fingerprint density at radius 2 is 1.77 bits per heavy atom. The highest BCUT2D eigenvalue weighted by Crippen LogP contribution is 2.14. The predicted molar refractivity (Wildman–Crippen MR) is 134 cm³/mol. The number of nitro benzene ring substituents is 1. The summed E-state index contributed by atoms with van der Waals surface area (Å²) in [6.07, 6.45) is 4.56. The van der Waals surface area contributed by atoms with Gasteiger partial charge in [-0.05, 0) is 42.3 Å². The van der Waals surface area contributed by atoms with Crippen LogP contribution in [-0.4, -0.2) is 47.3 Å². The quantitative estimate of drug-likeness (QED) is 0.0970. The first-order valence-electron chi connectivity index (χ1n) is 9.67. The van der Waals surface area contributed by atoms with Gasteiger partial charge < -0.3 is 16.0 Å². The van der Waals surface area contributed by atoms with Crippen molar-refractivity contribution in [3.8, 4) is 5.69 Å². The van der Waals surface area contributed by atoms with E-state index >= 15 is 0 Å². The first-order valence-corrected chi connectivity index (χ1v) is 9.67. The van der Waals surface area contributed by atoms with Crippen LogP contribution in [0.15, 0.2) is 72.0 Å². The van der Waals surface area contributed by atoms with Gasteiger partial charge in [0.05, 0.1) is 10.6 Å². The third-order valence-corrected chi connectivity index (χ3v) is 4.46. The second-order valence-corrected chi connectivity index (χ2v) is 6.52. The van der Waals surface area contributed by atoms with Gasteiger partial charge in [-0.1, -0.05) is 12.1 Å². The molecule has 0 fully saturated rings. The molecule has 0 radical (unpaired) electrons. The average Bonchev–Trinajstić information content (AvgIpc) is 3.31. The van der Waals surface area contributed by atoms with Crippen LogP contribution in [0.3, 0.4) is 0 Å². The molecule has 0 saturated heterocycles. The Morgan fingerprint density at radius 3 is 2.39 bits per heavy atom. The number of anilines is 1. The number of guanidine groups is 1. The van der Waals surface area contributed by atoms with Crippen molar-refractivity contribution in [2.24, 2.45) is 4.99 Å². The Kier molecular flexibility index (Phi) is 9.75. The molecule has 0 spiro atoms. The highest BCUT2D eigenvalue weighted by Gasteiger charge is 2.03. The van der Waals surface area contributed by atoms with Crippen molar-refractivity contribution in [1.29, 1.82) is 0 Å². The van der Waals surface area contributed by atoms with Crippen molar-refractivity contribution < 1.29 is 4.92 Å². The van der Waals surface area contributed by atoms with Crippen LogP contribution in [0.4, 0.5) is 11.4 Å². The maximum atomic E-state index is 10.7. The molecule has 31 heavy (non-hydrogen) atoms. The van der Waals surface area contributed by atoms with Gasteiger partial charge in [-0.3, -0.25) is 15.1 Å². The summed E-state index contributed by atoms with van der Waals surface area (Å²) in [5.74, 6) is 0.730. The number of aliphatic imine (C=N–C) groups is 1. The third kappa shape index (κ3) is 7.55. The van der Waals surface area contributed by atoms with Crippen LogP contribution in [0.1, 0.15) is 5.56 Å². The van der Waals surface area contributed by atoms with Gasteiger partial charge in [0.2, 0.25) is 0 Å². The van der Waals surface area contributed by atoms with Gasteiger partial charge in [-0.25, -0.2) is 4.68 Å². The second kappa shape index (κ2) is 12.5. The lowest BCUT2D eigenvalue weighted by molar-refractivity contribution is -0.384. The Bertz CT molecular complexity index is 958. The van der Waals surface area contributed by atoms with Crippen LogP contribution >= 0.6 is 24.0 Å². The molecule has 2 aromatic carbocycles. The molecule has 164 valence electrons.